The first-order valence-electron chi connectivity index (χ1n) is 8.88. The van der Waals surface area contributed by atoms with Crippen LogP contribution in [0.2, 0.25) is 0 Å². The van der Waals surface area contributed by atoms with E-state index in [1.54, 1.807) is 35.8 Å². The molecule has 0 aliphatic carbocycles. The van der Waals surface area contributed by atoms with E-state index in [2.05, 4.69) is 4.99 Å². The molecule has 0 N–H and O–H groups in total. The minimum absolute atomic E-state index is 0.0171. The topological polar surface area (TPSA) is 90.9 Å². The second-order valence-electron chi connectivity index (χ2n) is 6.50. The lowest BCUT2D eigenvalue weighted by atomic mass is 10.1. The summed E-state index contributed by atoms with van der Waals surface area (Å²) in [4.78, 5) is 42.1. The van der Waals surface area contributed by atoms with Gasteiger partial charge in [0.25, 0.3) is 5.43 Å². The maximum absolute atomic E-state index is 12.7. The van der Waals surface area contributed by atoms with E-state index < -0.39 is 17.0 Å². The highest BCUT2D eigenvalue weighted by Gasteiger charge is 2.25. The van der Waals surface area contributed by atoms with E-state index in [4.69, 9.17) is 9.15 Å². The van der Waals surface area contributed by atoms with Crippen molar-refractivity contribution in [2.45, 2.75) is 46.7 Å². The standard InChI is InChI=1S/C20H24N2O5/c1-6-26-18(24)15-16(14-10-8-7-9-11-14)22(13(4)5)20(21-12(2)3)27-19(25)17(15)23/h7-13H,6H2,1-5H3. The second-order valence-corrected chi connectivity index (χ2v) is 6.50. The summed E-state index contributed by atoms with van der Waals surface area (Å²) in [6, 6.07) is 8.44. The van der Waals surface area contributed by atoms with Crippen molar-refractivity contribution in [2.75, 3.05) is 6.61 Å². The van der Waals surface area contributed by atoms with Gasteiger partial charge >= 0.3 is 17.3 Å². The molecular weight excluding hydrogens is 348 g/mol. The van der Waals surface area contributed by atoms with Crippen LogP contribution < -0.4 is 16.7 Å². The maximum Gasteiger partial charge on any atom is 0.387 e. The number of carbonyl (C=O) groups is 1. The number of esters is 1. The zero-order chi connectivity index (χ0) is 20.1. The van der Waals surface area contributed by atoms with Gasteiger partial charge in [-0.1, -0.05) is 30.3 Å². The summed E-state index contributed by atoms with van der Waals surface area (Å²) >= 11 is 0. The molecule has 0 saturated heterocycles. The third-order valence-electron chi connectivity index (χ3n) is 3.69. The van der Waals surface area contributed by atoms with Crippen molar-refractivity contribution in [3.05, 3.63) is 62.2 Å². The molecule has 7 heteroatoms. The molecule has 1 heterocycles. The molecule has 0 aliphatic rings. The van der Waals surface area contributed by atoms with E-state index in [9.17, 15) is 14.4 Å². The largest absolute Gasteiger partial charge is 0.462 e. The fourth-order valence-electron chi connectivity index (χ4n) is 2.66. The van der Waals surface area contributed by atoms with Crippen LogP contribution in [0.5, 0.6) is 0 Å². The van der Waals surface area contributed by atoms with Crippen LogP contribution in [0.15, 0.2) is 49.3 Å². The summed E-state index contributed by atoms with van der Waals surface area (Å²) in [6.07, 6.45) is 0. The summed E-state index contributed by atoms with van der Waals surface area (Å²) in [5.74, 6) is -0.866. The first-order chi connectivity index (χ1) is 12.8. The van der Waals surface area contributed by atoms with Crippen molar-refractivity contribution >= 4 is 5.97 Å². The highest BCUT2D eigenvalue weighted by atomic mass is 16.5. The van der Waals surface area contributed by atoms with E-state index in [1.165, 1.54) is 0 Å². The Morgan fingerprint density at radius 3 is 2.30 bits per heavy atom. The first kappa shape index (κ1) is 20.4. The quantitative estimate of drug-likeness (QED) is 0.594. The lowest BCUT2D eigenvalue weighted by molar-refractivity contribution is 0.0525. The SMILES string of the molecule is CCOC(=O)c1c(-c2ccccc2)n(C(C)C)c(=NC(C)C)oc(=O)c1=O. The van der Waals surface area contributed by atoms with E-state index in [1.807, 2.05) is 33.8 Å². The van der Waals surface area contributed by atoms with Crippen molar-refractivity contribution in [3.63, 3.8) is 0 Å². The van der Waals surface area contributed by atoms with Crippen LogP contribution in [0, 0.1) is 0 Å². The Hall–Kier alpha value is -2.96. The average molecular weight is 372 g/mol. The molecule has 1 aromatic heterocycles. The van der Waals surface area contributed by atoms with Gasteiger partial charge in [0, 0.05) is 12.1 Å². The lowest BCUT2D eigenvalue weighted by Gasteiger charge is -2.17. The van der Waals surface area contributed by atoms with Gasteiger partial charge in [0.1, 0.15) is 5.56 Å². The van der Waals surface area contributed by atoms with E-state index >= 15 is 0 Å². The summed E-state index contributed by atoms with van der Waals surface area (Å²) in [6.45, 7) is 9.05. The summed E-state index contributed by atoms with van der Waals surface area (Å²) in [7, 11) is 0. The van der Waals surface area contributed by atoms with E-state index in [-0.39, 0.29) is 35.6 Å². The number of ether oxygens (including phenoxy) is 1. The highest BCUT2D eigenvalue weighted by Crippen LogP contribution is 2.23. The molecule has 0 fully saturated rings. The molecule has 2 rings (SSSR count). The van der Waals surface area contributed by atoms with Gasteiger partial charge in [-0.2, -0.15) is 0 Å². The molecule has 1 aromatic carbocycles. The molecular formula is C20H24N2O5. The number of benzene rings is 1. The third kappa shape index (κ3) is 4.42. The molecule has 0 amide bonds. The Balaban J connectivity index is 3.19. The van der Waals surface area contributed by atoms with Crippen LogP contribution in [0.25, 0.3) is 11.3 Å². The van der Waals surface area contributed by atoms with Gasteiger partial charge < -0.3 is 9.15 Å². The fraction of sp³-hybridized carbons (Fsp3) is 0.400. The van der Waals surface area contributed by atoms with E-state index in [0.29, 0.717) is 5.56 Å². The molecule has 2 aromatic rings. The van der Waals surface area contributed by atoms with Crippen molar-refractivity contribution in [1.82, 2.24) is 4.57 Å². The fourth-order valence-corrected chi connectivity index (χ4v) is 2.66. The van der Waals surface area contributed by atoms with Crippen molar-refractivity contribution in [2.24, 2.45) is 4.99 Å². The number of hydrogen-bond donors (Lipinski definition) is 0. The van der Waals surface area contributed by atoms with Gasteiger partial charge in [-0.05, 0) is 40.2 Å². The third-order valence-corrected chi connectivity index (χ3v) is 3.69. The van der Waals surface area contributed by atoms with Gasteiger partial charge in [-0.3, -0.25) is 9.36 Å². The number of carbonyl (C=O) groups excluding carboxylic acids is 1. The Labute approximate surface area is 157 Å². The van der Waals surface area contributed by atoms with Crippen molar-refractivity contribution in [1.29, 1.82) is 0 Å². The normalized spacial score (nSPS) is 11.9. The van der Waals surface area contributed by atoms with Crippen molar-refractivity contribution < 1.29 is 13.9 Å². The Bertz CT molecular complexity index is 1000. The smallest absolute Gasteiger partial charge is 0.387 e. The summed E-state index contributed by atoms with van der Waals surface area (Å²) < 4.78 is 11.9. The van der Waals surface area contributed by atoms with Gasteiger partial charge in [0.05, 0.1) is 12.3 Å². The molecule has 0 bridgehead atoms. The van der Waals surface area contributed by atoms with Gasteiger partial charge in [-0.15, -0.1) is 0 Å². The average Bonchev–Trinajstić information content (AvgIpc) is 2.70. The van der Waals surface area contributed by atoms with Gasteiger partial charge in [-0.25, -0.2) is 14.6 Å². The number of hydrogen-bond acceptors (Lipinski definition) is 6. The van der Waals surface area contributed by atoms with Crippen LogP contribution in [0.3, 0.4) is 0 Å². The molecule has 0 unspecified atom stereocenters. The number of rotatable bonds is 5. The predicted molar refractivity (Wildman–Crippen MR) is 102 cm³/mol. The van der Waals surface area contributed by atoms with E-state index in [0.717, 1.165) is 0 Å². The number of aromatic nitrogens is 1. The highest BCUT2D eigenvalue weighted by molar-refractivity contribution is 5.95. The van der Waals surface area contributed by atoms with Gasteiger partial charge in [0.15, 0.2) is 0 Å². The lowest BCUT2D eigenvalue weighted by Crippen LogP contribution is -2.29. The van der Waals surface area contributed by atoms with Crippen LogP contribution in [0.1, 0.15) is 51.0 Å². The van der Waals surface area contributed by atoms with Crippen LogP contribution in [-0.4, -0.2) is 23.2 Å². The minimum atomic E-state index is -1.16. The minimum Gasteiger partial charge on any atom is -0.462 e. The van der Waals surface area contributed by atoms with Crippen molar-refractivity contribution in [3.8, 4) is 11.3 Å². The summed E-state index contributed by atoms with van der Waals surface area (Å²) in [5, 5.41) is 0. The monoisotopic (exact) mass is 372 g/mol. The Morgan fingerprint density at radius 2 is 1.78 bits per heavy atom. The molecule has 144 valence electrons. The zero-order valence-electron chi connectivity index (χ0n) is 16.2. The molecule has 27 heavy (non-hydrogen) atoms. The molecule has 0 aliphatic heterocycles. The van der Waals surface area contributed by atoms with Gasteiger partial charge in [0.2, 0.25) is 0 Å². The zero-order valence-corrected chi connectivity index (χ0v) is 16.2. The van der Waals surface area contributed by atoms with Crippen LogP contribution >= 0.6 is 0 Å². The predicted octanol–water partition coefficient (Wildman–Crippen LogP) is 2.54. The maximum atomic E-state index is 12.7. The second kappa shape index (κ2) is 8.62. The van der Waals surface area contributed by atoms with Crippen LogP contribution in [-0.2, 0) is 4.74 Å². The Kier molecular flexibility index (Phi) is 6.50. The summed E-state index contributed by atoms with van der Waals surface area (Å²) in [5.41, 5.74) is -1.75. The first-order valence-corrected chi connectivity index (χ1v) is 8.88. The van der Waals surface area contributed by atoms with Crippen LogP contribution in [0.4, 0.5) is 0 Å². The Morgan fingerprint density at radius 1 is 1.15 bits per heavy atom. The molecule has 0 spiro atoms. The molecule has 0 atom stereocenters. The number of nitrogens with zero attached hydrogens (tertiary/aromatic N) is 2. The molecule has 0 saturated carbocycles. The molecule has 0 radical (unpaired) electrons. The molecule has 7 nitrogen and oxygen atoms in total.